The third-order valence-electron chi connectivity index (χ3n) is 3.29. The highest BCUT2D eigenvalue weighted by molar-refractivity contribution is 7.09. The van der Waals surface area contributed by atoms with Crippen molar-refractivity contribution in [3.05, 3.63) is 58.3 Å². The predicted molar refractivity (Wildman–Crippen MR) is 87.8 cm³/mol. The van der Waals surface area contributed by atoms with E-state index < -0.39 is 0 Å². The number of rotatable bonds is 6. The van der Waals surface area contributed by atoms with E-state index in [4.69, 9.17) is 4.74 Å². The topological polar surface area (TPSA) is 34.1 Å². The van der Waals surface area contributed by atoms with Crippen molar-refractivity contribution in [2.24, 2.45) is 0 Å². The van der Waals surface area contributed by atoms with Gasteiger partial charge in [0.2, 0.25) is 5.88 Å². The van der Waals surface area contributed by atoms with Crippen LogP contribution >= 0.6 is 11.3 Å². The Balaban J connectivity index is 1.87. The average Bonchev–Trinajstić information content (AvgIpc) is 3.04. The molecule has 3 nitrogen and oxygen atoms in total. The van der Waals surface area contributed by atoms with E-state index in [-0.39, 0.29) is 0 Å². The Morgan fingerprint density at radius 2 is 2.10 bits per heavy atom. The molecule has 0 aliphatic carbocycles. The van der Waals surface area contributed by atoms with Gasteiger partial charge in [-0.25, -0.2) is 4.98 Å². The molecule has 0 bridgehead atoms. The van der Waals surface area contributed by atoms with E-state index in [1.807, 2.05) is 30.3 Å². The zero-order valence-corrected chi connectivity index (χ0v) is 12.8. The lowest BCUT2D eigenvalue weighted by Gasteiger charge is -2.10. The first-order chi connectivity index (χ1) is 10.4. The number of nitrogens with one attached hydrogen (secondary N) is 1. The van der Waals surface area contributed by atoms with Crippen LogP contribution in [0.15, 0.2) is 47.8 Å². The van der Waals surface area contributed by atoms with Gasteiger partial charge < -0.3 is 10.1 Å². The first kappa shape index (κ1) is 14.0. The normalized spacial score (nSPS) is 10.9. The second kappa shape index (κ2) is 6.70. The van der Waals surface area contributed by atoms with Crippen molar-refractivity contribution in [3.63, 3.8) is 0 Å². The van der Waals surface area contributed by atoms with Crippen LogP contribution in [0.1, 0.15) is 17.4 Å². The summed E-state index contributed by atoms with van der Waals surface area (Å²) in [4.78, 5) is 5.80. The number of ether oxygens (including phenoxy) is 1. The van der Waals surface area contributed by atoms with E-state index in [1.165, 1.54) is 15.8 Å². The van der Waals surface area contributed by atoms with Gasteiger partial charge in [-0.15, -0.1) is 11.3 Å². The third-order valence-corrected chi connectivity index (χ3v) is 4.14. The summed E-state index contributed by atoms with van der Waals surface area (Å²) in [5.41, 5.74) is 2.21. The van der Waals surface area contributed by atoms with Gasteiger partial charge in [-0.2, -0.15) is 0 Å². The number of pyridine rings is 1. The molecular formula is C17H18N2OS. The molecule has 0 spiro atoms. The molecule has 21 heavy (non-hydrogen) atoms. The van der Waals surface area contributed by atoms with E-state index in [2.05, 4.69) is 34.7 Å². The van der Waals surface area contributed by atoms with Crippen molar-refractivity contribution >= 4 is 22.2 Å². The Bertz CT molecular complexity index is 710. The van der Waals surface area contributed by atoms with Gasteiger partial charge in [0.1, 0.15) is 6.61 Å². The van der Waals surface area contributed by atoms with Crippen molar-refractivity contribution in [3.8, 4) is 5.88 Å². The molecule has 0 amide bonds. The van der Waals surface area contributed by atoms with Gasteiger partial charge in [0.25, 0.3) is 0 Å². The zero-order valence-electron chi connectivity index (χ0n) is 12.0. The SMILES string of the molecule is CCNCc1cc(OCc2cccs2)nc2ccccc12. The maximum Gasteiger partial charge on any atom is 0.214 e. The number of hydrogen-bond acceptors (Lipinski definition) is 4. The molecule has 4 heteroatoms. The molecule has 0 aliphatic rings. The van der Waals surface area contributed by atoms with Crippen molar-refractivity contribution in [2.75, 3.05) is 6.54 Å². The van der Waals surface area contributed by atoms with Gasteiger partial charge >= 0.3 is 0 Å². The summed E-state index contributed by atoms with van der Waals surface area (Å²) in [6, 6.07) is 14.3. The van der Waals surface area contributed by atoms with Crippen LogP contribution in [-0.4, -0.2) is 11.5 Å². The quantitative estimate of drug-likeness (QED) is 0.747. The van der Waals surface area contributed by atoms with E-state index in [1.54, 1.807) is 11.3 Å². The summed E-state index contributed by atoms with van der Waals surface area (Å²) in [6.07, 6.45) is 0. The molecule has 3 rings (SSSR count). The van der Waals surface area contributed by atoms with Crippen molar-refractivity contribution in [1.82, 2.24) is 10.3 Å². The number of nitrogens with zero attached hydrogens (tertiary/aromatic N) is 1. The van der Waals surface area contributed by atoms with Crippen LogP contribution in [0.2, 0.25) is 0 Å². The zero-order chi connectivity index (χ0) is 14.5. The predicted octanol–water partition coefficient (Wildman–Crippen LogP) is 3.98. The largest absolute Gasteiger partial charge is 0.472 e. The van der Waals surface area contributed by atoms with Crippen LogP contribution in [0.25, 0.3) is 10.9 Å². The van der Waals surface area contributed by atoms with Gasteiger partial charge in [0.15, 0.2) is 0 Å². The molecule has 0 fully saturated rings. The minimum atomic E-state index is 0.573. The van der Waals surface area contributed by atoms with Crippen LogP contribution in [0.4, 0.5) is 0 Å². The summed E-state index contributed by atoms with van der Waals surface area (Å²) in [5, 5.41) is 6.61. The van der Waals surface area contributed by atoms with Gasteiger partial charge in [-0.3, -0.25) is 0 Å². The molecule has 1 aromatic carbocycles. The first-order valence-electron chi connectivity index (χ1n) is 7.11. The Hall–Kier alpha value is -1.91. The molecule has 108 valence electrons. The minimum absolute atomic E-state index is 0.573. The standard InChI is InChI=1S/C17H18N2OS/c1-2-18-11-13-10-17(20-12-14-6-5-9-21-14)19-16-8-4-3-7-15(13)16/h3-10,18H,2,11-12H2,1H3. The Morgan fingerprint density at radius 3 is 2.90 bits per heavy atom. The van der Waals surface area contributed by atoms with Gasteiger partial charge in [0, 0.05) is 22.9 Å². The van der Waals surface area contributed by atoms with Crippen LogP contribution in [0.3, 0.4) is 0 Å². The first-order valence-corrected chi connectivity index (χ1v) is 7.99. The Morgan fingerprint density at radius 1 is 1.19 bits per heavy atom. The van der Waals surface area contributed by atoms with Crippen molar-refractivity contribution in [2.45, 2.75) is 20.1 Å². The fraction of sp³-hybridized carbons (Fsp3) is 0.235. The maximum atomic E-state index is 5.85. The highest BCUT2D eigenvalue weighted by atomic mass is 32.1. The Kier molecular flexibility index (Phi) is 4.48. The summed E-state index contributed by atoms with van der Waals surface area (Å²) in [7, 11) is 0. The maximum absolute atomic E-state index is 5.85. The van der Waals surface area contributed by atoms with Gasteiger partial charge in [-0.1, -0.05) is 31.2 Å². The smallest absolute Gasteiger partial charge is 0.214 e. The van der Waals surface area contributed by atoms with E-state index >= 15 is 0 Å². The highest BCUT2D eigenvalue weighted by Gasteiger charge is 2.06. The van der Waals surface area contributed by atoms with Crippen molar-refractivity contribution < 1.29 is 4.74 Å². The lowest BCUT2D eigenvalue weighted by Crippen LogP contribution is -2.12. The third kappa shape index (κ3) is 3.40. The number of fused-ring (bicyclic) bond motifs is 1. The number of aromatic nitrogens is 1. The number of para-hydroxylation sites is 1. The number of thiophene rings is 1. The lowest BCUT2D eigenvalue weighted by molar-refractivity contribution is 0.298. The minimum Gasteiger partial charge on any atom is -0.472 e. The second-order valence-corrected chi connectivity index (χ2v) is 5.82. The molecule has 0 radical (unpaired) electrons. The Labute approximate surface area is 128 Å². The van der Waals surface area contributed by atoms with E-state index in [0.717, 1.165) is 18.6 Å². The van der Waals surface area contributed by atoms with E-state index in [9.17, 15) is 0 Å². The fourth-order valence-electron chi connectivity index (χ4n) is 2.24. The molecule has 0 unspecified atom stereocenters. The molecule has 0 atom stereocenters. The fourth-order valence-corrected chi connectivity index (χ4v) is 2.86. The average molecular weight is 298 g/mol. The second-order valence-electron chi connectivity index (χ2n) is 4.79. The summed E-state index contributed by atoms with van der Waals surface area (Å²) >= 11 is 1.70. The molecule has 0 saturated carbocycles. The summed E-state index contributed by atoms with van der Waals surface area (Å²) in [6.45, 7) is 4.46. The van der Waals surface area contributed by atoms with Gasteiger partial charge in [-0.05, 0) is 29.6 Å². The summed E-state index contributed by atoms with van der Waals surface area (Å²) < 4.78 is 5.85. The molecule has 0 saturated heterocycles. The monoisotopic (exact) mass is 298 g/mol. The van der Waals surface area contributed by atoms with Crippen LogP contribution < -0.4 is 10.1 Å². The molecular weight excluding hydrogens is 280 g/mol. The highest BCUT2D eigenvalue weighted by Crippen LogP contribution is 2.23. The lowest BCUT2D eigenvalue weighted by atomic mass is 10.1. The van der Waals surface area contributed by atoms with Crippen molar-refractivity contribution in [1.29, 1.82) is 0 Å². The number of hydrogen-bond donors (Lipinski definition) is 1. The number of benzene rings is 1. The molecule has 1 N–H and O–H groups in total. The molecule has 2 aromatic heterocycles. The van der Waals surface area contributed by atoms with Crippen LogP contribution in [0, 0.1) is 0 Å². The van der Waals surface area contributed by atoms with Crippen LogP contribution in [-0.2, 0) is 13.2 Å². The van der Waals surface area contributed by atoms with Crippen LogP contribution in [0.5, 0.6) is 5.88 Å². The molecule has 3 aromatic rings. The summed E-state index contributed by atoms with van der Waals surface area (Å²) in [5.74, 6) is 0.690. The van der Waals surface area contributed by atoms with Gasteiger partial charge in [0.05, 0.1) is 5.52 Å². The molecule has 0 aliphatic heterocycles. The van der Waals surface area contributed by atoms with E-state index in [0.29, 0.717) is 12.5 Å². The molecule has 2 heterocycles.